The molecule has 0 saturated heterocycles. The van der Waals surface area contributed by atoms with Crippen LogP contribution in [0.4, 0.5) is 0 Å². The molecule has 0 rings (SSSR count). The summed E-state index contributed by atoms with van der Waals surface area (Å²) in [7, 11) is 0. The molecule has 0 aromatic rings. The number of unbranched alkanes of at least 4 members (excludes halogenated alkanes) is 2. The molecule has 0 aromatic carbocycles. The molecule has 0 radical (unpaired) electrons. The second-order valence-electron chi connectivity index (χ2n) is 4.77. The van der Waals surface area contributed by atoms with Crippen molar-refractivity contribution in [1.82, 2.24) is 0 Å². The fourth-order valence-corrected chi connectivity index (χ4v) is 1.43. The number of carbonyl (C=O) groups excluding carboxylic acids is 1. The second-order valence-corrected chi connectivity index (χ2v) is 4.77. The van der Waals surface area contributed by atoms with Crippen molar-refractivity contribution in [2.24, 2.45) is 5.92 Å². The molecule has 0 aliphatic rings. The van der Waals surface area contributed by atoms with Gasteiger partial charge in [0.1, 0.15) is 0 Å². The van der Waals surface area contributed by atoms with Crippen LogP contribution in [0.25, 0.3) is 0 Å². The minimum absolute atomic E-state index is 0.0104. The van der Waals surface area contributed by atoms with Crippen LogP contribution in [0.1, 0.15) is 58.8 Å². The summed E-state index contributed by atoms with van der Waals surface area (Å²) in [4.78, 5) is 10.9. The Morgan fingerprint density at radius 1 is 1.00 bits per heavy atom. The third kappa shape index (κ3) is 17.4. The van der Waals surface area contributed by atoms with E-state index in [-0.39, 0.29) is 31.7 Å². The first-order valence-electron chi connectivity index (χ1n) is 7.64. The van der Waals surface area contributed by atoms with Crippen LogP contribution in [0.5, 0.6) is 0 Å². The lowest BCUT2D eigenvalue weighted by Crippen LogP contribution is -2.11. The zero-order valence-corrected chi connectivity index (χ0v) is 13.0. The SMILES string of the molecule is CCCCCC(=O)OCCC.OCCCC(CO)CO. The number of esters is 1. The van der Waals surface area contributed by atoms with E-state index in [0.29, 0.717) is 25.9 Å². The maximum absolute atomic E-state index is 10.9. The van der Waals surface area contributed by atoms with Gasteiger partial charge in [0.15, 0.2) is 0 Å². The van der Waals surface area contributed by atoms with Crippen molar-refractivity contribution in [2.75, 3.05) is 26.4 Å². The lowest BCUT2D eigenvalue weighted by Gasteiger charge is -2.07. The Balaban J connectivity index is 0. The molecule has 0 saturated carbocycles. The summed E-state index contributed by atoms with van der Waals surface area (Å²) in [6, 6.07) is 0. The summed E-state index contributed by atoms with van der Waals surface area (Å²) in [6.07, 6.45) is 6.12. The van der Waals surface area contributed by atoms with Crippen molar-refractivity contribution in [2.45, 2.75) is 58.8 Å². The van der Waals surface area contributed by atoms with E-state index < -0.39 is 0 Å². The molecule has 0 amide bonds. The molecule has 0 heterocycles. The molecule has 0 fully saturated rings. The quantitative estimate of drug-likeness (QED) is 0.400. The molecule has 0 spiro atoms. The summed E-state index contributed by atoms with van der Waals surface area (Å²) >= 11 is 0. The third-order valence-electron chi connectivity index (χ3n) is 2.74. The first-order chi connectivity index (χ1) is 9.65. The average molecular weight is 292 g/mol. The molecular weight excluding hydrogens is 260 g/mol. The van der Waals surface area contributed by atoms with Crippen LogP contribution in [0, 0.1) is 5.92 Å². The van der Waals surface area contributed by atoms with Crippen molar-refractivity contribution >= 4 is 5.97 Å². The maximum atomic E-state index is 10.9. The predicted molar refractivity (Wildman–Crippen MR) is 79.4 cm³/mol. The first kappa shape index (κ1) is 21.6. The monoisotopic (exact) mass is 292 g/mol. The van der Waals surface area contributed by atoms with Crippen LogP contribution < -0.4 is 0 Å². The molecule has 5 heteroatoms. The third-order valence-corrected chi connectivity index (χ3v) is 2.74. The topological polar surface area (TPSA) is 87.0 Å². The predicted octanol–water partition coefficient (Wildman–Crippen LogP) is 1.88. The molecule has 0 aliphatic heterocycles. The van der Waals surface area contributed by atoms with Gasteiger partial charge in [0.2, 0.25) is 0 Å². The second kappa shape index (κ2) is 18.4. The number of aliphatic hydroxyl groups excluding tert-OH is 3. The normalized spacial score (nSPS) is 10.1. The van der Waals surface area contributed by atoms with Gasteiger partial charge in [-0.2, -0.15) is 0 Å². The highest BCUT2D eigenvalue weighted by molar-refractivity contribution is 5.69. The Hall–Kier alpha value is -0.650. The molecule has 3 N–H and O–H groups in total. The fourth-order valence-electron chi connectivity index (χ4n) is 1.43. The number of hydrogen-bond donors (Lipinski definition) is 3. The zero-order valence-electron chi connectivity index (χ0n) is 13.0. The van der Waals surface area contributed by atoms with Crippen LogP contribution in [-0.2, 0) is 9.53 Å². The molecular formula is C15H32O5. The average Bonchev–Trinajstić information content (AvgIpc) is 2.47. The van der Waals surface area contributed by atoms with E-state index in [1.807, 2.05) is 6.92 Å². The number of aliphatic hydroxyl groups is 3. The molecule has 5 nitrogen and oxygen atoms in total. The van der Waals surface area contributed by atoms with Crippen LogP contribution >= 0.6 is 0 Å². The van der Waals surface area contributed by atoms with Crippen LogP contribution in [0.2, 0.25) is 0 Å². The number of ether oxygens (including phenoxy) is 1. The molecule has 122 valence electrons. The van der Waals surface area contributed by atoms with Gasteiger partial charge in [0, 0.05) is 32.2 Å². The van der Waals surface area contributed by atoms with Gasteiger partial charge in [-0.3, -0.25) is 4.79 Å². The van der Waals surface area contributed by atoms with Crippen LogP contribution in [-0.4, -0.2) is 47.7 Å². The van der Waals surface area contributed by atoms with Gasteiger partial charge in [-0.1, -0.05) is 26.7 Å². The summed E-state index contributed by atoms with van der Waals surface area (Å²) in [5.74, 6) is -0.0857. The smallest absolute Gasteiger partial charge is 0.305 e. The number of rotatable bonds is 11. The van der Waals surface area contributed by atoms with Crippen molar-refractivity contribution in [3.8, 4) is 0 Å². The van der Waals surface area contributed by atoms with Crippen molar-refractivity contribution in [1.29, 1.82) is 0 Å². The zero-order chi connectivity index (χ0) is 15.6. The minimum atomic E-state index is -0.0443. The van der Waals surface area contributed by atoms with E-state index in [1.165, 1.54) is 0 Å². The highest BCUT2D eigenvalue weighted by Crippen LogP contribution is 2.02. The Morgan fingerprint density at radius 3 is 2.10 bits per heavy atom. The van der Waals surface area contributed by atoms with E-state index >= 15 is 0 Å². The molecule has 0 bridgehead atoms. The van der Waals surface area contributed by atoms with E-state index in [0.717, 1.165) is 25.7 Å². The molecule has 20 heavy (non-hydrogen) atoms. The van der Waals surface area contributed by atoms with Gasteiger partial charge in [0.05, 0.1) is 6.61 Å². The number of carbonyl (C=O) groups is 1. The molecule has 0 aromatic heterocycles. The summed E-state index contributed by atoms with van der Waals surface area (Å²) in [6.45, 7) is 4.85. The van der Waals surface area contributed by atoms with Gasteiger partial charge in [-0.15, -0.1) is 0 Å². The molecule has 0 atom stereocenters. The van der Waals surface area contributed by atoms with Crippen molar-refractivity contribution in [3.05, 3.63) is 0 Å². The summed E-state index contributed by atoms with van der Waals surface area (Å²) < 4.78 is 4.90. The lowest BCUT2D eigenvalue weighted by molar-refractivity contribution is -0.143. The van der Waals surface area contributed by atoms with Crippen molar-refractivity contribution < 1.29 is 24.9 Å². The molecule has 0 unspecified atom stereocenters. The first-order valence-corrected chi connectivity index (χ1v) is 7.64. The van der Waals surface area contributed by atoms with Gasteiger partial charge < -0.3 is 20.1 Å². The lowest BCUT2D eigenvalue weighted by atomic mass is 10.1. The van der Waals surface area contributed by atoms with Gasteiger partial charge in [-0.05, 0) is 25.7 Å². The fraction of sp³-hybridized carbons (Fsp3) is 0.933. The largest absolute Gasteiger partial charge is 0.466 e. The Labute approximate surface area is 123 Å². The van der Waals surface area contributed by atoms with Gasteiger partial charge in [-0.25, -0.2) is 0 Å². The van der Waals surface area contributed by atoms with Crippen LogP contribution in [0.3, 0.4) is 0 Å². The Morgan fingerprint density at radius 2 is 1.65 bits per heavy atom. The van der Waals surface area contributed by atoms with E-state index in [1.54, 1.807) is 0 Å². The van der Waals surface area contributed by atoms with E-state index in [4.69, 9.17) is 20.1 Å². The van der Waals surface area contributed by atoms with Crippen LogP contribution in [0.15, 0.2) is 0 Å². The highest BCUT2D eigenvalue weighted by atomic mass is 16.5. The summed E-state index contributed by atoms with van der Waals surface area (Å²) in [5.41, 5.74) is 0. The maximum Gasteiger partial charge on any atom is 0.305 e. The van der Waals surface area contributed by atoms with E-state index in [2.05, 4.69) is 6.92 Å². The van der Waals surface area contributed by atoms with E-state index in [9.17, 15) is 4.79 Å². The highest BCUT2D eigenvalue weighted by Gasteiger charge is 2.03. The van der Waals surface area contributed by atoms with Gasteiger partial charge in [0.25, 0.3) is 0 Å². The standard InChI is InChI=1S/C9H18O2.C6H14O3/c1-3-5-6-7-9(10)11-8-4-2;7-3-1-2-6(4-8)5-9/h3-8H2,1-2H3;6-9H,1-5H2. The van der Waals surface area contributed by atoms with Gasteiger partial charge >= 0.3 is 5.97 Å². The molecule has 0 aliphatic carbocycles. The number of hydrogen-bond acceptors (Lipinski definition) is 5. The minimum Gasteiger partial charge on any atom is -0.466 e. The summed E-state index contributed by atoms with van der Waals surface area (Å²) in [5, 5.41) is 25.4. The van der Waals surface area contributed by atoms with Crippen molar-refractivity contribution in [3.63, 3.8) is 0 Å². The Bertz CT molecular complexity index is 193. The Kier molecular flexibility index (Phi) is 19.9.